The molecule has 0 bridgehead atoms. The van der Waals surface area contributed by atoms with Crippen molar-refractivity contribution < 1.29 is 9.53 Å². The molecular weight excluding hydrogens is 296 g/mol. The summed E-state index contributed by atoms with van der Waals surface area (Å²) < 4.78 is 4.95. The Balaban J connectivity index is 1.88. The number of nitrogens with one attached hydrogen (secondary N) is 2. The molecule has 0 saturated heterocycles. The maximum absolute atomic E-state index is 12.1. The van der Waals surface area contributed by atoms with Crippen LogP contribution in [0.15, 0.2) is 41.1 Å². The van der Waals surface area contributed by atoms with E-state index in [0.29, 0.717) is 6.42 Å². The highest BCUT2D eigenvalue weighted by Gasteiger charge is 2.34. The molecule has 2 N–H and O–H groups in total. The minimum absolute atomic E-state index is 0.00787. The SMILES string of the molecule is COC(=O)[C@@H]1Cc2c([nH]c3ccccc23)[C@@H](c2ccsc2)N1. The zero-order chi connectivity index (χ0) is 15.1. The van der Waals surface area contributed by atoms with Gasteiger partial charge in [-0.05, 0) is 34.0 Å². The van der Waals surface area contributed by atoms with E-state index in [9.17, 15) is 4.79 Å². The molecule has 0 aliphatic carbocycles. The van der Waals surface area contributed by atoms with E-state index in [0.717, 1.165) is 11.2 Å². The van der Waals surface area contributed by atoms with E-state index in [1.165, 1.54) is 23.6 Å². The van der Waals surface area contributed by atoms with Crippen LogP contribution in [-0.4, -0.2) is 24.1 Å². The number of hydrogen-bond acceptors (Lipinski definition) is 4. The van der Waals surface area contributed by atoms with Gasteiger partial charge in [-0.25, -0.2) is 0 Å². The second-order valence-corrected chi connectivity index (χ2v) is 6.28. The molecule has 0 amide bonds. The molecule has 4 nitrogen and oxygen atoms in total. The predicted octanol–water partition coefficient (Wildman–Crippen LogP) is 3.01. The Hall–Kier alpha value is -2.11. The summed E-state index contributed by atoms with van der Waals surface area (Å²) >= 11 is 1.66. The predicted molar refractivity (Wildman–Crippen MR) is 87.1 cm³/mol. The molecular formula is C17H16N2O2S. The molecule has 3 aromatic rings. The number of benzene rings is 1. The van der Waals surface area contributed by atoms with E-state index < -0.39 is 0 Å². The first kappa shape index (κ1) is 13.5. The number of hydrogen-bond donors (Lipinski definition) is 2. The molecule has 3 heterocycles. The molecule has 1 aromatic carbocycles. The van der Waals surface area contributed by atoms with Gasteiger partial charge >= 0.3 is 5.97 Å². The third kappa shape index (κ3) is 2.05. The lowest BCUT2D eigenvalue weighted by molar-refractivity contribution is -0.143. The molecule has 0 unspecified atom stereocenters. The van der Waals surface area contributed by atoms with Gasteiger partial charge in [0.1, 0.15) is 6.04 Å². The van der Waals surface area contributed by atoms with Crippen LogP contribution in [0.3, 0.4) is 0 Å². The first-order valence-corrected chi connectivity index (χ1v) is 8.17. The Morgan fingerprint density at radius 3 is 2.95 bits per heavy atom. The number of carbonyl (C=O) groups excluding carboxylic acids is 1. The molecule has 112 valence electrons. The van der Waals surface area contributed by atoms with E-state index in [4.69, 9.17) is 4.74 Å². The van der Waals surface area contributed by atoms with Crippen molar-refractivity contribution in [3.63, 3.8) is 0 Å². The molecule has 4 rings (SSSR count). The summed E-state index contributed by atoms with van der Waals surface area (Å²) in [4.78, 5) is 15.6. The van der Waals surface area contributed by atoms with Gasteiger partial charge in [0.2, 0.25) is 0 Å². The fourth-order valence-electron chi connectivity index (χ4n) is 3.23. The molecule has 5 heteroatoms. The Morgan fingerprint density at radius 2 is 2.18 bits per heavy atom. The van der Waals surface area contributed by atoms with Gasteiger partial charge in [0.25, 0.3) is 0 Å². The van der Waals surface area contributed by atoms with Gasteiger partial charge in [-0.1, -0.05) is 18.2 Å². The van der Waals surface area contributed by atoms with Crippen molar-refractivity contribution in [2.24, 2.45) is 0 Å². The van der Waals surface area contributed by atoms with Gasteiger partial charge in [-0.2, -0.15) is 11.3 Å². The van der Waals surface area contributed by atoms with Crippen LogP contribution >= 0.6 is 11.3 Å². The Bertz CT molecular complexity index is 822. The van der Waals surface area contributed by atoms with Crippen LogP contribution in [0.2, 0.25) is 0 Å². The van der Waals surface area contributed by atoms with Crippen LogP contribution < -0.4 is 5.32 Å². The van der Waals surface area contributed by atoms with Crippen LogP contribution in [0, 0.1) is 0 Å². The zero-order valence-corrected chi connectivity index (χ0v) is 12.9. The number of esters is 1. The molecule has 2 aromatic heterocycles. The Morgan fingerprint density at radius 1 is 1.32 bits per heavy atom. The quantitative estimate of drug-likeness (QED) is 0.715. The monoisotopic (exact) mass is 312 g/mol. The van der Waals surface area contributed by atoms with Crippen molar-refractivity contribution in [2.75, 3.05) is 7.11 Å². The van der Waals surface area contributed by atoms with Crippen LogP contribution in [0.5, 0.6) is 0 Å². The van der Waals surface area contributed by atoms with Gasteiger partial charge in [0.05, 0.1) is 13.2 Å². The second kappa shape index (κ2) is 5.26. The molecule has 1 aliphatic rings. The topological polar surface area (TPSA) is 54.1 Å². The maximum atomic E-state index is 12.1. The highest BCUT2D eigenvalue weighted by atomic mass is 32.1. The fraction of sp³-hybridized carbons (Fsp3) is 0.235. The summed E-state index contributed by atoms with van der Waals surface area (Å²) in [6.07, 6.45) is 0.645. The van der Waals surface area contributed by atoms with Gasteiger partial charge in [-0.15, -0.1) is 0 Å². The second-order valence-electron chi connectivity index (χ2n) is 5.50. The molecule has 1 aliphatic heterocycles. The van der Waals surface area contributed by atoms with Crippen LogP contribution in [-0.2, 0) is 16.0 Å². The summed E-state index contributed by atoms with van der Waals surface area (Å²) in [6, 6.07) is 10.0. The molecule has 0 radical (unpaired) electrons. The maximum Gasteiger partial charge on any atom is 0.323 e. The molecule has 0 fully saturated rings. The highest BCUT2D eigenvalue weighted by Crippen LogP contribution is 2.35. The number of methoxy groups -OCH3 is 1. The van der Waals surface area contributed by atoms with Crippen molar-refractivity contribution in [2.45, 2.75) is 18.5 Å². The number of carbonyl (C=O) groups is 1. The van der Waals surface area contributed by atoms with E-state index in [1.807, 2.05) is 12.1 Å². The smallest absolute Gasteiger partial charge is 0.323 e. The number of para-hydroxylation sites is 1. The normalized spacial score (nSPS) is 20.8. The van der Waals surface area contributed by atoms with E-state index in [-0.39, 0.29) is 18.1 Å². The van der Waals surface area contributed by atoms with Crippen LogP contribution in [0.4, 0.5) is 0 Å². The van der Waals surface area contributed by atoms with Crippen LogP contribution in [0.1, 0.15) is 22.9 Å². The molecule has 0 saturated carbocycles. The van der Waals surface area contributed by atoms with Gasteiger partial charge in [0, 0.05) is 23.0 Å². The summed E-state index contributed by atoms with van der Waals surface area (Å²) in [5, 5.41) is 8.79. The number of aromatic amines is 1. The summed E-state index contributed by atoms with van der Waals surface area (Å²) in [6.45, 7) is 0. The molecule has 0 spiro atoms. The van der Waals surface area contributed by atoms with E-state index in [2.05, 4.69) is 39.3 Å². The highest BCUT2D eigenvalue weighted by molar-refractivity contribution is 7.08. The van der Waals surface area contributed by atoms with Gasteiger partial charge in [-0.3, -0.25) is 10.1 Å². The van der Waals surface area contributed by atoms with E-state index >= 15 is 0 Å². The zero-order valence-electron chi connectivity index (χ0n) is 12.1. The number of thiophene rings is 1. The van der Waals surface area contributed by atoms with E-state index in [1.54, 1.807) is 11.3 Å². The van der Waals surface area contributed by atoms with Crippen molar-refractivity contribution in [3.05, 3.63) is 57.9 Å². The minimum Gasteiger partial charge on any atom is -0.468 e. The lowest BCUT2D eigenvalue weighted by Crippen LogP contribution is -2.45. The average molecular weight is 312 g/mol. The number of ether oxygens (including phenoxy) is 1. The van der Waals surface area contributed by atoms with Gasteiger partial charge in [0.15, 0.2) is 0 Å². The molecule has 22 heavy (non-hydrogen) atoms. The first-order valence-electron chi connectivity index (χ1n) is 7.23. The first-order chi connectivity index (χ1) is 10.8. The van der Waals surface area contributed by atoms with Crippen molar-refractivity contribution >= 4 is 28.2 Å². The number of H-pyrrole nitrogens is 1. The summed E-state index contributed by atoms with van der Waals surface area (Å²) in [7, 11) is 1.44. The van der Waals surface area contributed by atoms with Crippen molar-refractivity contribution in [1.29, 1.82) is 0 Å². The third-order valence-electron chi connectivity index (χ3n) is 4.27. The lowest BCUT2D eigenvalue weighted by atomic mass is 9.91. The van der Waals surface area contributed by atoms with Crippen molar-refractivity contribution in [1.82, 2.24) is 10.3 Å². The fourth-order valence-corrected chi connectivity index (χ4v) is 3.92. The van der Waals surface area contributed by atoms with Crippen molar-refractivity contribution in [3.8, 4) is 0 Å². The lowest BCUT2D eigenvalue weighted by Gasteiger charge is -2.29. The Kier molecular flexibility index (Phi) is 3.24. The van der Waals surface area contributed by atoms with Gasteiger partial charge < -0.3 is 9.72 Å². The van der Waals surface area contributed by atoms with Crippen LogP contribution in [0.25, 0.3) is 10.9 Å². The summed E-state index contributed by atoms with van der Waals surface area (Å²) in [5.41, 5.74) is 4.65. The third-order valence-corrected chi connectivity index (χ3v) is 4.98. The standard InChI is InChI=1S/C17H16N2O2S/c1-21-17(20)14-8-12-11-4-2-3-5-13(11)18-16(12)15(19-14)10-6-7-22-9-10/h2-7,9,14-15,18-19H,8H2,1H3/t14-,15+/m0/s1. The minimum atomic E-state index is -0.318. The molecule has 2 atom stereocenters. The largest absolute Gasteiger partial charge is 0.468 e. The number of rotatable bonds is 2. The Labute approximate surface area is 132 Å². The number of aromatic nitrogens is 1. The average Bonchev–Trinajstić information content (AvgIpc) is 3.20. The number of fused-ring (bicyclic) bond motifs is 3. The summed E-state index contributed by atoms with van der Waals surface area (Å²) in [5.74, 6) is -0.212.